The van der Waals surface area contributed by atoms with Crippen molar-refractivity contribution in [2.24, 2.45) is 0 Å². The second-order valence-corrected chi connectivity index (χ2v) is 5.81. The lowest BCUT2D eigenvalue weighted by Gasteiger charge is -2.13. The van der Waals surface area contributed by atoms with Crippen LogP contribution in [-0.2, 0) is 0 Å². The quantitative estimate of drug-likeness (QED) is 0.643. The Kier molecular flexibility index (Phi) is 5.96. The largest absolute Gasteiger partial charge is 0.497 e. The summed E-state index contributed by atoms with van der Waals surface area (Å²) in [6.45, 7) is 0. The van der Waals surface area contributed by atoms with Gasteiger partial charge in [-0.05, 0) is 36.4 Å². The van der Waals surface area contributed by atoms with E-state index in [1.165, 1.54) is 0 Å². The molecule has 0 spiro atoms. The first-order valence-corrected chi connectivity index (χ1v) is 8.53. The lowest BCUT2D eigenvalue weighted by Crippen LogP contribution is -2.13. The fourth-order valence-electron chi connectivity index (χ4n) is 2.60. The monoisotopic (exact) mass is 379 g/mol. The number of ether oxygens (including phenoxy) is 3. The molecule has 28 heavy (non-hydrogen) atoms. The molecule has 0 aliphatic heterocycles. The molecule has 0 aliphatic rings. The molecule has 7 heteroatoms. The van der Waals surface area contributed by atoms with Gasteiger partial charge in [0.05, 0.1) is 27.0 Å². The molecular formula is C21H21N3O4. The number of aromatic nitrogens is 1. The molecule has 3 rings (SSSR count). The van der Waals surface area contributed by atoms with E-state index in [1.807, 2.05) is 12.1 Å². The number of methoxy groups -OCH3 is 3. The van der Waals surface area contributed by atoms with Crippen LogP contribution < -0.4 is 24.8 Å². The first kappa shape index (κ1) is 19.0. The van der Waals surface area contributed by atoms with Crippen LogP contribution in [0.25, 0.3) is 0 Å². The maximum atomic E-state index is 12.6. The number of rotatable bonds is 7. The molecule has 0 fully saturated rings. The first-order valence-electron chi connectivity index (χ1n) is 8.53. The van der Waals surface area contributed by atoms with Gasteiger partial charge in [0, 0.05) is 29.7 Å². The molecular weight excluding hydrogens is 358 g/mol. The van der Waals surface area contributed by atoms with Crippen molar-refractivity contribution in [3.63, 3.8) is 0 Å². The highest BCUT2D eigenvalue weighted by Crippen LogP contribution is 2.31. The minimum Gasteiger partial charge on any atom is -0.497 e. The van der Waals surface area contributed by atoms with Crippen LogP contribution in [0.4, 0.5) is 17.1 Å². The molecule has 2 N–H and O–H groups in total. The van der Waals surface area contributed by atoms with E-state index in [4.69, 9.17) is 14.2 Å². The molecule has 1 aromatic heterocycles. The minimum absolute atomic E-state index is 0.273. The van der Waals surface area contributed by atoms with Crippen LogP contribution >= 0.6 is 0 Å². The molecule has 0 aliphatic carbocycles. The number of pyridine rings is 1. The molecule has 0 saturated carbocycles. The van der Waals surface area contributed by atoms with Gasteiger partial charge in [-0.1, -0.05) is 6.07 Å². The van der Waals surface area contributed by atoms with Crippen molar-refractivity contribution in [1.29, 1.82) is 0 Å². The van der Waals surface area contributed by atoms with E-state index in [0.717, 1.165) is 0 Å². The summed E-state index contributed by atoms with van der Waals surface area (Å²) in [5, 5.41) is 6.04. The molecule has 0 radical (unpaired) electrons. The standard InChI is InChI=1S/C21H21N3O4/c1-26-16-6-4-5-14(11-16)24-21(25)19-12-15(9-10-22-19)23-18-13-17(27-2)7-8-20(18)28-3/h4-13H,1-3H3,(H,22,23)(H,24,25). The summed E-state index contributed by atoms with van der Waals surface area (Å²) in [6, 6.07) is 16.0. The third kappa shape index (κ3) is 4.50. The molecule has 1 amide bonds. The number of hydrogen-bond acceptors (Lipinski definition) is 6. The topological polar surface area (TPSA) is 81.7 Å². The molecule has 0 unspecified atom stereocenters. The summed E-state index contributed by atoms with van der Waals surface area (Å²) >= 11 is 0. The Morgan fingerprint density at radius 2 is 1.64 bits per heavy atom. The lowest BCUT2D eigenvalue weighted by molar-refractivity contribution is 0.102. The summed E-state index contributed by atoms with van der Waals surface area (Å²) in [6.07, 6.45) is 1.56. The number of carbonyl (C=O) groups excluding carboxylic acids is 1. The molecule has 7 nitrogen and oxygen atoms in total. The molecule has 0 saturated heterocycles. The van der Waals surface area contributed by atoms with Gasteiger partial charge in [0.1, 0.15) is 22.9 Å². The molecule has 0 bridgehead atoms. The fourth-order valence-corrected chi connectivity index (χ4v) is 2.60. The Hall–Kier alpha value is -3.74. The zero-order valence-electron chi connectivity index (χ0n) is 15.9. The van der Waals surface area contributed by atoms with Crippen molar-refractivity contribution in [3.05, 3.63) is 66.5 Å². The SMILES string of the molecule is COc1cccc(NC(=O)c2cc(Nc3cc(OC)ccc3OC)ccn2)c1. The van der Waals surface area contributed by atoms with Gasteiger partial charge in [-0.15, -0.1) is 0 Å². The van der Waals surface area contributed by atoms with Gasteiger partial charge in [-0.3, -0.25) is 9.78 Å². The maximum absolute atomic E-state index is 12.6. The van der Waals surface area contributed by atoms with E-state index in [9.17, 15) is 4.79 Å². The highest BCUT2D eigenvalue weighted by atomic mass is 16.5. The number of nitrogens with one attached hydrogen (secondary N) is 2. The van der Waals surface area contributed by atoms with E-state index < -0.39 is 0 Å². The third-order valence-corrected chi connectivity index (χ3v) is 4.01. The number of carbonyl (C=O) groups is 1. The number of amides is 1. The summed E-state index contributed by atoms with van der Waals surface area (Å²) in [4.78, 5) is 16.7. The Morgan fingerprint density at radius 3 is 2.39 bits per heavy atom. The average Bonchev–Trinajstić information content (AvgIpc) is 2.74. The van der Waals surface area contributed by atoms with Gasteiger partial charge in [-0.2, -0.15) is 0 Å². The fraction of sp³-hybridized carbons (Fsp3) is 0.143. The Balaban J connectivity index is 1.79. The van der Waals surface area contributed by atoms with Crippen LogP contribution in [-0.4, -0.2) is 32.2 Å². The van der Waals surface area contributed by atoms with E-state index in [1.54, 1.807) is 70.0 Å². The second kappa shape index (κ2) is 8.77. The zero-order valence-corrected chi connectivity index (χ0v) is 15.9. The Bertz CT molecular complexity index is 975. The normalized spacial score (nSPS) is 10.1. The van der Waals surface area contributed by atoms with E-state index in [-0.39, 0.29) is 11.6 Å². The number of benzene rings is 2. The lowest BCUT2D eigenvalue weighted by atomic mass is 10.2. The maximum Gasteiger partial charge on any atom is 0.274 e. The predicted molar refractivity (Wildman–Crippen MR) is 108 cm³/mol. The van der Waals surface area contributed by atoms with Crippen LogP contribution in [0.5, 0.6) is 17.2 Å². The van der Waals surface area contributed by atoms with Crippen molar-refractivity contribution >= 4 is 23.0 Å². The summed E-state index contributed by atoms with van der Waals surface area (Å²) < 4.78 is 15.8. The van der Waals surface area contributed by atoms with Gasteiger partial charge >= 0.3 is 0 Å². The van der Waals surface area contributed by atoms with Crippen LogP contribution in [0.2, 0.25) is 0 Å². The second-order valence-electron chi connectivity index (χ2n) is 5.81. The van der Waals surface area contributed by atoms with Crippen molar-refractivity contribution in [2.75, 3.05) is 32.0 Å². The first-order chi connectivity index (χ1) is 13.6. The highest BCUT2D eigenvalue weighted by molar-refractivity contribution is 6.03. The number of nitrogens with zero attached hydrogens (tertiary/aromatic N) is 1. The molecule has 2 aromatic carbocycles. The van der Waals surface area contributed by atoms with E-state index in [2.05, 4.69) is 15.6 Å². The Morgan fingerprint density at radius 1 is 0.857 bits per heavy atom. The summed E-state index contributed by atoms with van der Waals surface area (Å²) in [5.41, 5.74) is 2.30. The van der Waals surface area contributed by atoms with Crippen molar-refractivity contribution in [1.82, 2.24) is 4.98 Å². The number of anilines is 3. The third-order valence-electron chi connectivity index (χ3n) is 4.01. The van der Waals surface area contributed by atoms with Crippen LogP contribution in [0.15, 0.2) is 60.8 Å². The van der Waals surface area contributed by atoms with Crippen molar-refractivity contribution in [3.8, 4) is 17.2 Å². The zero-order chi connectivity index (χ0) is 19.9. The van der Waals surface area contributed by atoms with Crippen LogP contribution in [0, 0.1) is 0 Å². The predicted octanol–water partition coefficient (Wildman–Crippen LogP) is 4.10. The molecule has 0 atom stereocenters. The van der Waals surface area contributed by atoms with Gasteiger partial charge in [0.15, 0.2) is 0 Å². The number of hydrogen-bond donors (Lipinski definition) is 2. The van der Waals surface area contributed by atoms with Gasteiger partial charge in [0.2, 0.25) is 0 Å². The summed E-state index contributed by atoms with van der Waals surface area (Å²) in [7, 11) is 4.76. The van der Waals surface area contributed by atoms with E-state index in [0.29, 0.717) is 34.3 Å². The minimum atomic E-state index is -0.325. The Labute approximate surface area is 163 Å². The van der Waals surface area contributed by atoms with Crippen LogP contribution in [0.1, 0.15) is 10.5 Å². The highest BCUT2D eigenvalue weighted by Gasteiger charge is 2.11. The van der Waals surface area contributed by atoms with Gasteiger partial charge in [-0.25, -0.2) is 0 Å². The van der Waals surface area contributed by atoms with Crippen LogP contribution in [0.3, 0.4) is 0 Å². The molecule has 144 valence electrons. The molecule has 1 heterocycles. The van der Waals surface area contributed by atoms with Crippen molar-refractivity contribution in [2.45, 2.75) is 0 Å². The van der Waals surface area contributed by atoms with Crippen molar-refractivity contribution < 1.29 is 19.0 Å². The van der Waals surface area contributed by atoms with Gasteiger partial charge in [0.25, 0.3) is 5.91 Å². The van der Waals surface area contributed by atoms with Gasteiger partial charge < -0.3 is 24.8 Å². The summed E-state index contributed by atoms with van der Waals surface area (Å²) in [5.74, 6) is 1.68. The smallest absolute Gasteiger partial charge is 0.274 e. The van der Waals surface area contributed by atoms with E-state index >= 15 is 0 Å². The average molecular weight is 379 g/mol. The molecule has 3 aromatic rings.